The van der Waals surface area contributed by atoms with Crippen LogP contribution in [0.15, 0.2) is 48.7 Å². The summed E-state index contributed by atoms with van der Waals surface area (Å²) < 4.78 is 13.2. The monoisotopic (exact) mass is 229 g/mol. The van der Waals surface area contributed by atoms with Crippen molar-refractivity contribution in [3.8, 4) is 0 Å². The van der Waals surface area contributed by atoms with Crippen molar-refractivity contribution in [3.63, 3.8) is 0 Å². The number of pyridine rings is 1. The van der Waals surface area contributed by atoms with Gasteiger partial charge in [0.25, 0.3) is 0 Å². The van der Waals surface area contributed by atoms with Crippen molar-refractivity contribution in [1.82, 2.24) is 4.98 Å². The molecule has 0 saturated heterocycles. The van der Waals surface area contributed by atoms with Crippen LogP contribution in [0.25, 0.3) is 0 Å². The number of hydrogen-bond donors (Lipinski definition) is 0. The minimum atomic E-state index is -0.689. The van der Waals surface area contributed by atoms with Crippen molar-refractivity contribution in [2.45, 2.75) is 12.8 Å². The summed E-state index contributed by atoms with van der Waals surface area (Å²) in [5.41, 5.74) is 1.15. The molecule has 0 aliphatic heterocycles. The molecule has 0 radical (unpaired) electrons. The van der Waals surface area contributed by atoms with Gasteiger partial charge in [0, 0.05) is 12.6 Å². The molecule has 1 heterocycles. The number of carbonyl (C=O) groups excluding carboxylic acids is 1. The molecule has 0 saturated carbocycles. The second-order valence-electron chi connectivity index (χ2n) is 3.75. The van der Waals surface area contributed by atoms with Gasteiger partial charge >= 0.3 is 0 Å². The second-order valence-corrected chi connectivity index (χ2v) is 3.75. The number of ketones is 1. The first-order valence-electron chi connectivity index (χ1n) is 5.45. The summed E-state index contributed by atoms with van der Waals surface area (Å²) in [4.78, 5) is 15.2. The van der Waals surface area contributed by atoms with Gasteiger partial charge in [0.2, 0.25) is 5.95 Å². The lowest BCUT2D eigenvalue weighted by Gasteiger charge is -2.02. The summed E-state index contributed by atoms with van der Waals surface area (Å²) in [5, 5.41) is 0. The largest absolute Gasteiger partial charge is 0.294 e. The maximum atomic E-state index is 13.2. The number of rotatable bonds is 4. The highest BCUT2D eigenvalue weighted by Crippen LogP contribution is 2.10. The van der Waals surface area contributed by atoms with Gasteiger partial charge in [0.05, 0.1) is 5.56 Å². The van der Waals surface area contributed by atoms with Crippen LogP contribution in [0.4, 0.5) is 4.39 Å². The van der Waals surface area contributed by atoms with E-state index in [0.717, 1.165) is 5.56 Å². The highest BCUT2D eigenvalue weighted by atomic mass is 19.1. The lowest BCUT2D eigenvalue weighted by atomic mass is 10.0. The molecule has 0 unspecified atom stereocenters. The van der Waals surface area contributed by atoms with Crippen LogP contribution >= 0.6 is 0 Å². The minimum Gasteiger partial charge on any atom is -0.294 e. The molecule has 0 aliphatic rings. The van der Waals surface area contributed by atoms with Crippen molar-refractivity contribution >= 4 is 5.78 Å². The standard InChI is InChI=1S/C14H12FNO/c15-14-12(7-4-10-16-14)13(17)9-8-11-5-2-1-3-6-11/h1-7,10H,8-9H2. The molecule has 0 N–H and O–H groups in total. The Morgan fingerprint density at radius 2 is 1.88 bits per heavy atom. The fourth-order valence-electron chi connectivity index (χ4n) is 1.63. The highest BCUT2D eigenvalue weighted by molar-refractivity contribution is 5.96. The number of benzene rings is 1. The zero-order chi connectivity index (χ0) is 12.1. The number of hydrogen-bond acceptors (Lipinski definition) is 2. The Morgan fingerprint density at radius 1 is 1.12 bits per heavy atom. The molecular formula is C14H12FNO. The fraction of sp³-hybridized carbons (Fsp3) is 0.143. The third-order valence-electron chi connectivity index (χ3n) is 2.54. The average Bonchev–Trinajstić information content (AvgIpc) is 2.38. The lowest BCUT2D eigenvalue weighted by Crippen LogP contribution is -2.05. The number of aryl methyl sites for hydroxylation is 1. The van der Waals surface area contributed by atoms with E-state index in [1.807, 2.05) is 30.3 Å². The summed E-state index contributed by atoms with van der Waals surface area (Å²) in [7, 11) is 0. The Kier molecular flexibility index (Phi) is 3.60. The first kappa shape index (κ1) is 11.5. The third kappa shape index (κ3) is 2.97. The van der Waals surface area contributed by atoms with E-state index in [2.05, 4.69) is 4.98 Å². The van der Waals surface area contributed by atoms with Gasteiger partial charge < -0.3 is 0 Å². The molecule has 17 heavy (non-hydrogen) atoms. The van der Waals surface area contributed by atoms with Crippen molar-refractivity contribution in [1.29, 1.82) is 0 Å². The summed E-state index contributed by atoms with van der Waals surface area (Å²) in [6.45, 7) is 0. The molecule has 0 amide bonds. The van der Waals surface area contributed by atoms with Crippen molar-refractivity contribution in [2.75, 3.05) is 0 Å². The van der Waals surface area contributed by atoms with Crippen LogP contribution in [0.1, 0.15) is 22.3 Å². The summed E-state index contributed by atoms with van der Waals surface area (Å²) in [6.07, 6.45) is 2.25. The number of Topliss-reactive ketones (excluding diaryl/α,β-unsaturated/α-hetero) is 1. The Labute approximate surface area is 99.1 Å². The van der Waals surface area contributed by atoms with E-state index in [1.165, 1.54) is 12.3 Å². The van der Waals surface area contributed by atoms with E-state index in [-0.39, 0.29) is 11.3 Å². The zero-order valence-electron chi connectivity index (χ0n) is 9.27. The van der Waals surface area contributed by atoms with Gasteiger partial charge in [0.15, 0.2) is 5.78 Å². The maximum Gasteiger partial charge on any atom is 0.223 e. The first-order chi connectivity index (χ1) is 8.27. The molecule has 3 heteroatoms. The first-order valence-corrected chi connectivity index (χ1v) is 5.45. The topological polar surface area (TPSA) is 30.0 Å². The summed E-state index contributed by atoms with van der Waals surface area (Å²) in [6, 6.07) is 12.7. The van der Waals surface area contributed by atoms with Crippen LogP contribution in [-0.4, -0.2) is 10.8 Å². The van der Waals surface area contributed by atoms with Crippen LogP contribution in [0, 0.1) is 5.95 Å². The van der Waals surface area contributed by atoms with Crippen molar-refractivity contribution in [3.05, 3.63) is 65.7 Å². The highest BCUT2D eigenvalue weighted by Gasteiger charge is 2.11. The molecule has 86 valence electrons. The fourth-order valence-corrected chi connectivity index (χ4v) is 1.63. The Balaban J connectivity index is 2.01. The average molecular weight is 229 g/mol. The summed E-state index contributed by atoms with van der Waals surface area (Å²) in [5.74, 6) is -0.898. The van der Waals surface area contributed by atoms with Gasteiger partial charge in [-0.05, 0) is 24.1 Å². The Morgan fingerprint density at radius 3 is 2.59 bits per heavy atom. The van der Waals surface area contributed by atoms with E-state index in [1.54, 1.807) is 6.07 Å². The molecule has 2 nitrogen and oxygen atoms in total. The van der Waals surface area contributed by atoms with Crippen LogP contribution in [0.2, 0.25) is 0 Å². The second kappa shape index (κ2) is 5.34. The van der Waals surface area contributed by atoms with Crippen molar-refractivity contribution in [2.24, 2.45) is 0 Å². The SMILES string of the molecule is O=C(CCc1ccccc1)c1cccnc1F. The van der Waals surface area contributed by atoms with Crippen LogP contribution in [0.5, 0.6) is 0 Å². The van der Waals surface area contributed by atoms with Crippen LogP contribution < -0.4 is 0 Å². The Hall–Kier alpha value is -2.03. The number of carbonyl (C=O) groups is 1. The smallest absolute Gasteiger partial charge is 0.223 e. The quantitative estimate of drug-likeness (QED) is 0.595. The van der Waals surface area contributed by atoms with E-state index < -0.39 is 5.95 Å². The summed E-state index contributed by atoms with van der Waals surface area (Å²) >= 11 is 0. The van der Waals surface area contributed by atoms with E-state index in [4.69, 9.17) is 0 Å². The molecule has 1 aromatic heterocycles. The zero-order valence-corrected chi connectivity index (χ0v) is 9.27. The van der Waals surface area contributed by atoms with Crippen LogP contribution in [0.3, 0.4) is 0 Å². The molecule has 2 aromatic rings. The minimum absolute atomic E-state index is 0.0726. The predicted octanol–water partition coefficient (Wildman–Crippen LogP) is 3.04. The molecule has 1 aromatic carbocycles. The van der Waals surface area contributed by atoms with Crippen LogP contribution in [-0.2, 0) is 6.42 Å². The van der Waals surface area contributed by atoms with Gasteiger partial charge in [-0.15, -0.1) is 0 Å². The Bertz CT molecular complexity index is 511. The molecular weight excluding hydrogens is 217 g/mol. The third-order valence-corrected chi connectivity index (χ3v) is 2.54. The molecule has 0 spiro atoms. The van der Waals surface area contributed by atoms with Crippen molar-refractivity contribution < 1.29 is 9.18 Å². The van der Waals surface area contributed by atoms with Gasteiger partial charge in [-0.2, -0.15) is 4.39 Å². The maximum absolute atomic E-state index is 13.2. The number of halogens is 1. The molecule has 2 rings (SSSR count). The molecule has 0 atom stereocenters. The van der Waals surface area contributed by atoms with Gasteiger partial charge in [-0.3, -0.25) is 4.79 Å². The number of nitrogens with zero attached hydrogens (tertiary/aromatic N) is 1. The number of aromatic nitrogens is 1. The molecule has 0 bridgehead atoms. The van der Waals surface area contributed by atoms with E-state index >= 15 is 0 Å². The predicted molar refractivity (Wildman–Crippen MR) is 63.3 cm³/mol. The van der Waals surface area contributed by atoms with Gasteiger partial charge in [0.1, 0.15) is 0 Å². The molecule has 0 fully saturated rings. The molecule has 0 aliphatic carbocycles. The van der Waals surface area contributed by atoms with Gasteiger partial charge in [-0.25, -0.2) is 4.98 Å². The van der Waals surface area contributed by atoms with E-state index in [0.29, 0.717) is 12.8 Å². The lowest BCUT2D eigenvalue weighted by molar-refractivity contribution is 0.0978. The van der Waals surface area contributed by atoms with E-state index in [9.17, 15) is 9.18 Å². The van der Waals surface area contributed by atoms with Gasteiger partial charge in [-0.1, -0.05) is 30.3 Å². The normalized spacial score (nSPS) is 10.2.